The summed E-state index contributed by atoms with van der Waals surface area (Å²) in [5, 5.41) is 0. The van der Waals surface area contributed by atoms with Crippen molar-refractivity contribution in [2.75, 3.05) is 13.2 Å². The lowest BCUT2D eigenvalue weighted by Gasteiger charge is -1.94. The molecule has 0 aromatic rings. The SMILES string of the molecule is CCCCCOC#COCC. The number of hydrogen-bond acceptors (Lipinski definition) is 2. The van der Waals surface area contributed by atoms with E-state index in [0.717, 1.165) is 6.42 Å². The first-order chi connectivity index (χ1) is 5.41. The van der Waals surface area contributed by atoms with Gasteiger partial charge in [-0.05, 0) is 13.3 Å². The van der Waals surface area contributed by atoms with Crippen LogP contribution in [0.2, 0.25) is 0 Å². The van der Waals surface area contributed by atoms with Gasteiger partial charge in [0.05, 0.1) is 6.61 Å². The highest BCUT2D eigenvalue weighted by Crippen LogP contribution is 1.92. The molecule has 0 aliphatic carbocycles. The Morgan fingerprint density at radius 3 is 2.36 bits per heavy atom. The van der Waals surface area contributed by atoms with Gasteiger partial charge >= 0.3 is 0 Å². The first kappa shape index (κ1) is 10.2. The van der Waals surface area contributed by atoms with Crippen molar-refractivity contribution in [3.05, 3.63) is 0 Å². The zero-order chi connectivity index (χ0) is 8.36. The van der Waals surface area contributed by atoms with Crippen molar-refractivity contribution in [2.45, 2.75) is 33.1 Å². The molecule has 0 radical (unpaired) electrons. The van der Waals surface area contributed by atoms with Gasteiger partial charge in [-0.3, -0.25) is 0 Å². The summed E-state index contributed by atoms with van der Waals surface area (Å²) in [6.45, 7) is 5.39. The van der Waals surface area contributed by atoms with Crippen LogP contribution in [0.25, 0.3) is 0 Å². The van der Waals surface area contributed by atoms with Gasteiger partial charge in [0.15, 0.2) is 12.2 Å². The third-order valence-electron chi connectivity index (χ3n) is 1.18. The van der Waals surface area contributed by atoms with Crippen molar-refractivity contribution in [2.24, 2.45) is 0 Å². The predicted octanol–water partition coefficient (Wildman–Crippen LogP) is 2.15. The molecule has 0 saturated carbocycles. The Kier molecular flexibility index (Phi) is 8.46. The lowest BCUT2D eigenvalue weighted by molar-refractivity contribution is 0.249. The van der Waals surface area contributed by atoms with Crippen LogP contribution >= 0.6 is 0 Å². The van der Waals surface area contributed by atoms with Crippen LogP contribution in [0, 0.1) is 12.2 Å². The Balaban J connectivity index is 2.96. The monoisotopic (exact) mass is 156 g/mol. The zero-order valence-electron chi connectivity index (χ0n) is 7.35. The largest absolute Gasteiger partial charge is 0.445 e. The molecular weight excluding hydrogens is 140 g/mol. The van der Waals surface area contributed by atoms with Gasteiger partial charge < -0.3 is 9.47 Å². The van der Waals surface area contributed by atoms with Gasteiger partial charge in [-0.25, -0.2) is 0 Å². The zero-order valence-corrected chi connectivity index (χ0v) is 7.35. The van der Waals surface area contributed by atoms with Crippen molar-refractivity contribution in [3.63, 3.8) is 0 Å². The molecule has 0 aromatic carbocycles. The molecule has 0 aliphatic rings. The minimum absolute atomic E-state index is 0.616. The third-order valence-corrected chi connectivity index (χ3v) is 1.18. The first-order valence-corrected chi connectivity index (χ1v) is 4.15. The molecule has 0 atom stereocenters. The lowest BCUT2D eigenvalue weighted by atomic mass is 10.3. The average Bonchev–Trinajstić information content (AvgIpc) is 2.03. The minimum atomic E-state index is 0.616. The van der Waals surface area contributed by atoms with Gasteiger partial charge in [-0.1, -0.05) is 19.8 Å². The highest BCUT2D eigenvalue weighted by Gasteiger charge is 1.82. The van der Waals surface area contributed by atoms with Gasteiger partial charge in [0, 0.05) is 0 Å². The highest BCUT2D eigenvalue weighted by molar-refractivity contribution is 4.80. The maximum absolute atomic E-state index is 4.95. The maximum Gasteiger partial charge on any atom is 0.154 e. The van der Waals surface area contributed by atoms with Crippen LogP contribution in [0.15, 0.2) is 0 Å². The first-order valence-electron chi connectivity index (χ1n) is 4.15. The molecule has 0 heterocycles. The number of rotatable bonds is 5. The fourth-order valence-electron chi connectivity index (χ4n) is 0.606. The van der Waals surface area contributed by atoms with E-state index in [0.29, 0.717) is 13.2 Å². The molecule has 64 valence electrons. The van der Waals surface area contributed by atoms with Crippen molar-refractivity contribution in [1.82, 2.24) is 0 Å². The molecule has 0 fully saturated rings. The second-order valence-electron chi connectivity index (χ2n) is 2.19. The Bertz CT molecular complexity index is 121. The molecule has 0 bridgehead atoms. The summed E-state index contributed by atoms with van der Waals surface area (Å²) in [6.07, 6.45) is 8.41. The Morgan fingerprint density at radius 1 is 1.00 bits per heavy atom. The molecule has 0 rings (SSSR count). The number of hydrogen-bond donors (Lipinski definition) is 0. The summed E-state index contributed by atoms with van der Waals surface area (Å²) in [5.74, 6) is 0. The van der Waals surface area contributed by atoms with Gasteiger partial charge in [0.1, 0.15) is 6.61 Å². The quantitative estimate of drug-likeness (QED) is 0.448. The molecule has 0 N–H and O–H groups in total. The van der Waals surface area contributed by atoms with Gasteiger partial charge in [-0.2, -0.15) is 0 Å². The normalized spacial score (nSPS) is 8.18. The van der Waals surface area contributed by atoms with Crippen LogP contribution in [-0.4, -0.2) is 13.2 Å². The van der Waals surface area contributed by atoms with E-state index in [1.165, 1.54) is 12.8 Å². The molecule has 0 aliphatic heterocycles. The van der Waals surface area contributed by atoms with Crippen LogP contribution in [0.5, 0.6) is 0 Å². The topological polar surface area (TPSA) is 18.5 Å². The molecular formula is C9H16O2. The Labute approximate surface area is 68.9 Å². The van der Waals surface area contributed by atoms with E-state index in [9.17, 15) is 0 Å². The lowest BCUT2D eigenvalue weighted by Crippen LogP contribution is -1.87. The second kappa shape index (κ2) is 9.16. The molecule has 0 aromatic heterocycles. The average molecular weight is 156 g/mol. The van der Waals surface area contributed by atoms with E-state index in [1.807, 2.05) is 6.92 Å². The predicted molar refractivity (Wildman–Crippen MR) is 44.9 cm³/mol. The van der Waals surface area contributed by atoms with E-state index in [-0.39, 0.29) is 0 Å². The molecule has 11 heavy (non-hydrogen) atoms. The van der Waals surface area contributed by atoms with Gasteiger partial charge in [0.25, 0.3) is 0 Å². The molecule has 0 amide bonds. The fourth-order valence-corrected chi connectivity index (χ4v) is 0.606. The van der Waals surface area contributed by atoms with Crippen LogP contribution in [-0.2, 0) is 9.47 Å². The van der Waals surface area contributed by atoms with Crippen LogP contribution in [0.1, 0.15) is 33.1 Å². The minimum Gasteiger partial charge on any atom is -0.445 e. The smallest absolute Gasteiger partial charge is 0.154 e. The van der Waals surface area contributed by atoms with E-state index < -0.39 is 0 Å². The van der Waals surface area contributed by atoms with Gasteiger partial charge in [-0.15, -0.1) is 0 Å². The molecule has 2 nitrogen and oxygen atoms in total. The Hall–Kier alpha value is -0.840. The second-order valence-corrected chi connectivity index (χ2v) is 2.19. The number of ether oxygens (including phenoxy) is 2. The highest BCUT2D eigenvalue weighted by atomic mass is 16.5. The summed E-state index contributed by atoms with van der Waals surface area (Å²) in [4.78, 5) is 0. The standard InChI is InChI=1S/C9H16O2/c1-3-5-6-7-11-9-8-10-4-2/h3-7H2,1-2H3. The molecule has 2 heteroatoms. The summed E-state index contributed by atoms with van der Waals surface area (Å²) in [6, 6.07) is 0. The third kappa shape index (κ3) is 9.16. The fraction of sp³-hybridized carbons (Fsp3) is 0.778. The van der Waals surface area contributed by atoms with E-state index in [1.54, 1.807) is 0 Å². The van der Waals surface area contributed by atoms with Crippen LogP contribution in [0.3, 0.4) is 0 Å². The van der Waals surface area contributed by atoms with Crippen molar-refractivity contribution < 1.29 is 9.47 Å². The summed E-state index contributed by atoms with van der Waals surface area (Å²) in [7, 11) is 0. The van der Waals surface area contributed by atoms with E-state index in [4.69, 9.17) is 9.47 Å². The summed E-state index contributed by atoms with van der Waals surface area (Å²) in [5.41, 5.74) is 0. The van der Waals surface area contributed by atoms with Crippen molar-refractivity contribution in [3.8, 4) is 12.2 Å². The molecule has 0 spiro atoms. The van der Waals surface area contributed by atoms with Gasteiger partial charge in [0.2, 0.25) is 0 Å². The van der Waals surface area contributed by atoms with Crippen LogP contribution < -0.4 is 0 Å². The molecule has 0 saturated heterocycles. The molecule has 0 unspecified atom stereocenters. The number of unbranched alkanes of at least 4 members (excludes halogenated alkanes) is 2. The van der Waals surface area contributed by atoms with Crippen molar-refractivity contribution in [1.29, 1.82) is 0 Å². The summed E-state index contributed by atoms with van der Waals surface area (Å²) < 4.78 is 9.71. The maximum atomic E-state index is 4.95. The van der Waals surface area contributed by atoms with Crippen molar-refractivity contribution >= 4 is 0 Å². The van der Waals surface area contributed by atoms with E-state index >= 15 is 0 Å². The van der Waals surface area contributed by atoms with E-state index in [2.05, 4.69) is 19.1 Å². The summed E-state index contributed by atoms with van der Waals surface area (Å²) >= 11 is 0. The van der Waals surface area contributed by atoms with Crippen LogP contribution in [0.4, 0.5) is 0 Å². The Morgan fingerprint density at radius 2 is 1.73 bits per heavy atom.